The number of nitrogens with zero attached hydrogens (tertiary/aromatic N) is 1. The standard InChI is InChI=1S/C26H31ClN2O3/c1-5-7-8-9-13-32-25-22(27)15-20(16-24(25)31-6-2)14-21(17-28)26(30)29-23-12-10-11-18(3)19(23)4/h10-12,14-16H,5-9,13H2,1-4H3,(H,29,30). The van der Waals surface area contributed by atoms with Gasteiger partial charge in [0, 0.05) is 5.69 Å². The normalized spacial score (nSPS) is 11.1. The summed E-state index contributed by atoms with van der Waals surface area (Å²) in [4.78, 5) is 12.7. The van der Waals surface area contributed by atoms with Crippen molar-refractivity contribution in [2.45, 2.75) is 53.4 Å². The van der Waals surface area contributed by atoms with Gasteiger partial charge in [-0.1, -0.05) is 49.9 Å². The van der Waals surface area contributed by atoms with E-state index in [1.807, 2.05) is 45.0 Å². The molecule has 1 N–H and O–H groups in total. The molecule has 0 aliphatic carbocycles. The second kappa shape index (κ2) is 12.8. The minimum Gasteiger partial charge on any atom is -0.490 e. The summed E-state index contributed by atoms with van der Waals surface area (Å²) in [6.45, 7) is 8.92. The van der Waals surface area contributed by atoms with Crippen molar-refractivity contribution < 1.29 is 14.3 Å². The van der Waals surface area contributed by atoms with Gasteiger partial charge in [0.1, 0.15) is 11.6 Å². The van der Waals surface area contributed by atoms with Crippen LogP contribution in [0.5, 0.6) is 11.5 Å². The van der Waals surface area contributed by atoms with Gasteiger partial charge in [0.15, 0.2) is 11.5 Å². The highest BCUT2D eigenvalue weighted by Crippen LogP contribution is 2.37. The maximum absolute atomic E-state index is 12.7. The van der Waals surface area contributed by atoms with Crippen LogP contribution in [0.25, 0.3) is 6.08 Å². The van der Waals surface area contributed by atoms with Gasteiger partial charge in [-0.2, -0.15) is 5.26 Å². The summed E-state index contributed by atoms with van der Waals surface area (Å²) in [6.07, 6.45) is 5.86. The third kappa shape index (κ3) is 7.03. The Morgan fingerprint density at radius 2 is 1.94 bits per heavy atom. The van der Waals surface area contributed by atoms with E-state index in [1.165, 1.54) is 12.5 Å². The second-order valence-electron chi connectivity index (χ2n) is 7.54. The molecule has 1 amide bonds. The molecule has 2 aromatic carbocycles. The molecule has 0 bridgehead atoms. The molecular formula is C26H31ClN2O3. The second-order valence-corrected chi connectivity index (χ2v) is 7.95. The van der Waals surface area contributed by atoms with Gasteiger partial charge in [-0.3, -0.25) is 4.79 Å². The molecule has 0 aromatic heterocycles. The molecule has 32 heavy (non-hydrogen) atoms. The summed E-state index contributed by atoms with van der Waals surface area (Å²) in [7, 11) is 0. The molecule has 0 fully saturated rings. The van der Waals surface area contributed by atoms with Crippen molar-refractivity contribution in [2.75, 3.05) is 18.5 Å². The van der Waals surface area contributed by atoms with Gasteiger partial charge in [0.05, 0.1) is 18.2 Å². The minimum absolute atomic E-state index is 0.0299. The van der Waals surface area contributed by atoms with Crippen molar-refractivity contribution in [1.82, 2.24) is 0 Å². The fourth-order valence-electron chi connectivity index (χ4n) is 3.17. The summed E-state index contributed by atoms with van der Waals surface area (Å²) in [5.41, 5.74) is 3.25. The molecule has 0 radical (unpaired) electrons. The third-order valence-corrected chi connectivity index (χ3v) is 5.39. The van der Waals surface area contributed by atoms with E-state index >= 15 is 0 Å². The van der Waals surface area contributed by atoms with E-state index < -0.39 is 5.91 Å². The number of hydrogen-bond acceptors (Lipinski definition) is 4. The molecule has 0 spiro atoms. The SMILES string of the molecule is CCCCCCOc1c(Cl)cc(C=C(C#N)C(=O)Nc2cccc(C)c2C)cc1OCC. The van der Waals surface area contributed by atoms with Gasteiger partial charge >= 0.3 is 0 Å². The van der Waals surface area contributed by atoms with E-state index in [2.05, 4.69) is 12.2 Å². The highest BCUT2D eigenvalue weighted by molar-refractivity contribution is 6.32. The Balaban J connectivity index is 2.25. The lowest BCUT2D eigenvalue weighted by Gasteiger charge is -2.15. The van der Waals surface area contributed by atoms with E-state index in [0.717, 1.165) is 30.4 Å². The van der Waals surface area contributed by atoms with Crippen LogP contribution >= 0.6 is 11.6 Å². The maximum atomic E-state index is 12.7. The number of hydrogen-bond donors (Lipinski definition) is 1. The molecule has 0 aliphatic rings. The number of carbonyl (C=O) groups is 1. The zero-order chi connectivity index (χ0) is 23.5. The quantitative estimate of drug-likeness (QED) is 0.228. The molecule has 0 heterocycles. The predicted octanol–water partition coefficient (Wildman–Crippen LogP) is 6.86. The minimum atomic E-state index is -0.480. The van der Waals surface area contributed by atoms with Crippen molar-refractivity contribution in [3.63, 3.8) is 0 Å². The molecule has 5 nitrogen and oxygen atoms in total. The fourth-order valence-corrected chi connectivity index (χ4v) is 3.44. The van der Waals surface area contributed by atoms with Crippen LogP contribution in [0.2, 0.25) is 5.02 Å². The van der Waals surface area contributed by atoms with E-state index in [1.54, 1.807) is 12.1 Å². The summed E-state index contributed by atoms with van der Waals surface area (Å²) in [5.74, 6) is 0.501. The van der Waals surface area contributed by atoms with Crippen LogP contribution in [0, 0.1) is 25.2 Å². The van der Waals surface area contributed by atoms with Gasteiger partial charge in [0.2, 0.25) is 0 Å². The van der Waals surface area contributed by atoms with Crippen LogP contribution in [0.15, 0.2) is 35.9 Å². The first-order chi connectivity index (χ1) is 15.4. The number of benzene rings is 2. The average molecular weight is 455 g/mol. The van der Waals surface area contributed by atoms with Crippen LogP contribution in [0.4, 0.5) is 5.69 Å². The van der Waals surface area contributed by atoms with Gasteiger partial charge in [-0.25, -0.2) is 0 Å². The molecule has 0 saturated heterocycles. The number of anilines is 1. The number of aryl methyl sites for hydroxylation is 1. The molecule has 0 atom stereocenters. The number of nitriles is 1. The van der Waals surface area contributed by atoms with Crippen molar-refractivity contribution in [3.05, 3.63) is 57.6 Å². The Morgan fingerprint density at radius 1 is 1.16 bits per heavy atom. The van der Waals surface area contributed by atoms with Gasteiger partial charge in [0.25, 0.3) is 5.91 Å². The largest absolute Gasteiger partial charge is 0.490 e. The number of amides is 1. The highest BCUT2D eigenvalue weighted by atomic mass is 35.5. The fraction of sp³-hybridized carbons (Fsp3) is 0.385. The van der Waals surface area contributed by atoms with Crippen LogP contribution in [-0.2, 0) is 4.79 Å². The Labute approximate surface area is 196 Å². The van der Waals surface area contributed by atoms with E-state index in [-0.39, 0.29) is 5.57 Å². The predicted molar refractivity (Wildman–Crippen MR) is 130 cm³/mol. The molecule has 0 saturated carbocycles. The molecule has 2 aromatic rings. The van der Waals surface area contributed by atoms with Crippen LogP contribution < -0.4 is 14.8 Å². The van der Waals surface area contributed by atoms with E-state index in [9.17, 15) is 10.1 Å². The van der Waals surface area contributed by atoms with E-state index in [4.69, 9.17) is 21.1 Å². The molecular weight excluding hydrogens is 424 g/mol. The zero-order valence-electron chi connectivity index (χ0n) is 19.3. The van der Waals surface area contributed by atoms with E-state index in [0.29, 0.717) is 41.0 Å². The Morgan fingerprint density at radius 3 is 2.62 bits per heavy atom. The molecule has 0 unspecified atom stereocenters. The molecule has 6 heteroatoms. The third-order valence-electron chi connectivity index (χ3n) is 5.10. The first kappa shape index (κ1) is 25.3. The molecule has 2 rings (SSSR count). The van der Waals surface area contributed by atoms with Crippen LogP contribution in [0.1, 0.15) is 56.2 Å². The Bertz CT molecular complexity index is 1010. The van der Waals surface area contributed by atoms with Gasteiger partial charge in [-0.05, 0) is 68.2 Å². The Hall–Kier alpha value is -2.97. The molecule has 170 valence electrons. The number of nitrogens with one attached hydrogen (secondary N) is 1. The topological polar surface area (TPSA) is 71.3 Å². The average Bonchev–Trinajstić information content (AvgIpc) is 2.76. The summed E-state index contributed by atoms with van der Waals surface area (Å²) >= 11 is 6.47. The van der Waals surface area contributed by atoms with Crippen molar-refractivity contribution in [3.8, 4) is 17.6 Å². The number of rotatable bonds is 11. The number of unbranched alkanes of at least 4 members (excludes halogenated alkanes) is 3. The lowest BCUT2D eigenvalue weighted by molar-refractivity contribution is -0.112. The van der Waals surface area contributed by atoms with Crippen molar-refractivity contribution in [2.24, 2.45) is 0 Å². The number of carbonyl (C=O) groups excluding carboxylic acids is 1. The lowest BCUT2D eigenvalue weighted by atomic mass is 10.1. The van der Waals surface area contributed by atoms with Gasteiger partial charge in [-0.15, -0.1) is 0 Å². The zero-order valence-corrected chi connectivity index (χ0v) is 20.0. The van der Waals surface area contributed by atoms with Crippen LogP contribution in [-0.4, -0.2) is 19.1 Å². The smallest absolute Gasteiger partial charge is 0.266 e. The first-order valence-electron chi connectivity index (χ1n) is 11.0. The van der Waals surface area contributed by atoms with Crippen molar-refractivity contribution >= 4 is 29.3 Å². The lowest BCUT2D eigenvalue weighted by Crippen LogP contribution is -2.14. The summed E-state index contributed by atoms with van der Waals surface area (Å²) in [5, 5.41) is 12.8. The van der Waals surface area contributed by atoms with Gasteiger partial charge < -0.3 is 14.8 Å². The monoisotopic (exact) mass is 454 g/mol. The highest BCUT2D eigenvalue weighted by Gasteiger charge is 2.15. The van der Waals surface area contributed by atoms with Crippen molar-refractivity contribution in [1.29, 1.82) is 5.26 Å². The van der Waals surface area contributed by atoms with Crippen LogP contribution in [0.3, 0.4) is 0 Å². The summed E-state index contributed by atoms with van der Waals surface area (Å²) < 4.78 is 11.6. The maximum Gasteiger partial charge on any atom is 0.266 e. The number of halogens is 1. The summed E-state index contributed by atoms with van der Waals surface area (Å²) in [6, 6.07) is 11.0. The first-order valence-corrected chi connectivity index (χ1v) is 11.4. The molecule has 0 aliphatic heterocycles. The Kier molecular flexibility index (Phi) is 10.1. The number of ether oxygens (including phenoxy) is 2.